The van der Waals surface area contributed by atoms with E-state index in [0.717, 1.165) is 11.1 Å². The molecule has 1 aliphatic heterocycles. The van der Waals surface area contributed by atoms with Crippen LogP contribution in [0.2, 0.25) is 0 Å². The van der Waals surface area contributed by atoms with E-state index >= 15 is 0 Å². The maximum Gasteiger partial charge on any atom is 0.325 e. The Morgan fingerprint density at radius 2 is 1.76 bits per heavy atom. The molecule has 1 fully saturated rings. The van der Waals surface area contributed by atoms with Gasteiger partial charge in [-0.15, -0.1) is 0 Å². The Morgan fingerprint density at radius 1 is 1.07 bits per heavy atom. The van der Waals surface area contributed by atoms with Crippen LogP contribution in [0.15, 0.2) is 48.7 Å². The molecule has 0 amide bonds. The van der Waals surface area contributed by atoms with Crippen LogP contribution in [0.4, 0.5) is 10.1 Å². The molecular formula is C22H22FN3O3. The molecule has 2 heterocycles. The quantitative estimate of drug-likeness (QED) is 0.647. The molecule has 1 saturated heterocycles. The summed E-state index contributed by atoms with van der Waals surface area (Å²) in [6, 6.07) is 11.0. The van der Waals surface area contributed by atoms with Gasteiger partial charge in [0.1, 0.15) is 11.9 Å². The minimum absolute atomic E-state index is 0.0317. The molecule has 1 atom stereocenters. The Bertz CT molecular complexity index is 1050. The predicted molar refractivity (Wildman–Crippen MR) is 109 cm³/mol. The van der Waals surface area contributed by atoms with Crippen LogP contribution in [0.1, 0.15) is 28.9 Å². The molecule has 1 aliphatic rings. The first kappa shape index (κ1) is 19.1. The van der Waals surface area contributed by atoms with E-state index in [2.05, 4.69) is 9.88 Å². The third kappa shape index (κ3) is 3.73. The van der Waals surface area contributed by atoms with Crippen LogP contribution in [0.3, 0.4) is 0 Å². The summed E-state index contributed by atoms with van der Waals surface area (Å²) in [5.74, 6) is -1.25. The lowest BCUT2D eigenvalue weighted by Gasteiger charge is -2.38. The molecule has 0 saturated carbocycles. The van der Waals surface area contributed by atoms with Crippen molar-refractivity contribution >= 4 is 28.3 Å². The number of carbonyl (C=O) groups excluding carboxylic acids is 1. The molecule has 150 valence electrons. The van der Waals surface area contributed by atoms with E-state index in [1.54, 1.807) is 19.2 Å². The van der Waals surface area contributed by atoms with E-state index in [1.165, 1.54) is 12.1 Å². The van der Waals surface area contributed by atoms with Crippen molar-refractivity contribution in [3.05, 3.63) is 65.6 Å². The smallest absolute Gasteiger partial charge is 0.325 e. The van der Waals surface area contributed by atoms with Crippen LogP contribution in [0, 0.1) is 5.82 Å². The second-order valence-electron chi connectivity index (χ2n) is 7.30. The number of halogens is 1. The fourth-order valence-electron chi connectivity index (χ4n) is 3.98. The number of nitrogens with one attached hydrogen (secondary N) is 1. The van der Waals surface area contributed by atoms with Crippen LogP contribution in [0.5, 0.6) is 0 Å². The zero-order valence-corrected chi connectivity index (χ0v) is 16.1. The highest BCUT2D eigenvalue weighted by atomic mass is 19.1. The number of aromatic amines is 1. The van der Waals surface area contributed by atoms with Gasteiger partial charge in [-0.05, 0) is 49.4 Å². The topological polar surface area (TPSA) is 76.6 Å². The number of carboxylic acids is 1. The van der Waals surface area contributed by atoms with Crippen LogP contribution in [-0.2, 0) is 4.79 Å². The van der Waals surface area contributed by atoms with Crippen molar-refractivity contribution in [3.63, 3.8) is 0 Å². The minimum Gasteiger partial charge on any atom is -0.480 e. The highest BCUT2D eigenvalue weighted by molar-refractivity contribution is 5.94. The van der Waals surface area contributed by atoms with Crippen molar-refractivity contribution in [2.75, 3.05) is 31.1 Å². The lowest BCUT2D eigenvalue weighted by Crippen LogP contribution is -2.49. The normalized spacial score (nSPS) is 16.1. The number of carbonyl (C=O) groups is 2. The number of aliphatic carboxylic acids is 1. The van der Waals surface area contributed by atoms with Crippen molar-refractivity contribution in [1.29, 1.82) is 0 Å². The van der Waals surface area contributed by atoms with Crippen molar-refractivity contribution < 1.29 is 19.1 Å². The molecule has 2 N–H and O–H groups in total. The van der Waals surface area contributed by atoms with Gasteiger partial charge in [-0.1, -0.05) is 0 Å². The van der Waals surface area contributed by atoms with E-state index in [1.807, 2.05) is 29.2 Å². The number of benzene rings is 2. The molecule has 6 nitrogen and oxygen atoms in total. The van der Waals surface area contributed by atoms with E-state index in [4.69, 9.17) is 0 Å². The molecule has 0 spiro atoms. The number of piperazine rings is 1. The lowest BCUT2D eigenvalue weighted by atomic mass is 10.0. The van der Waals surface area contributed by atoms with Gasteiger partial charge in [0.05, 0.1) is 0 Å². The summed E-state index contributed by atoms with van der Waals surface area (Å²) >= 11 is 0. The second kappa shape index (κ2) is 7.67. The van der Waals surface area contributed by atoms with Gasteiger partial charge < -0.3 is 15.0 Å². The standard InChI is InChI=1S/C22H22FN3O3/c1-14(27)15-2-5-17(6-3-15)25-8-10-26(11-9-25)21(22(28)29)19-13-24-20-12-16(23)4-7-18(19)20/h2-7,12-13,21,24H,8-11H2,1H3,(H,28,29). The molecular weight excluding hydrogens is 373 g/mol. The second-order valence-corrected chi connectivity index (χ2v) is 7.30. The van der Waals surface area contributed by atoms with Crippen molar-refractivity contribution in [2.45, 2.75) is 13.0 Å². The van der Waals surface area contributed by atoms with Crippen molar-refractivity contribution in [2.24, 2.45) is 0 Å². The predicted octanol–water partition coefficient (Wildman–Crippen LogP) is 3.46. The molecule has 0 radical (unpaired) electrons. The average molecular weight is 395 g/mol. The lowest BCUT2D eigenvalue weighted by molar-refractivity contribution is -0.143. The Kier molecular flexibility index (Phi) is 5.07. The molecule has 2 aromatic carbocycles. The Labute approximate surface area is 167 Å². The number of rotatable bonds is 5. The first-order chi connectivity index (χ1) is 13.9. The summed E-state index contributed by atoms with van der Waals surface area (Å²) in [5, 5.41) is 10.6. The number of H-pyrrole nitrogens is 1. The molecule has 7 heteroatoms. The Morgan fingerprint density at radius 3 is 2.38 bits per heavy atom. The number of anilines is 1. The summed E-state index contributed by atoms with van der Waals surface area (Å²) in [4.78, 5) is 30.6. The summed E-state index contributed by atoms with van der Waals surface area (Å²) in [7, 11) is 0. The maximum absolute atomic E-state index is 13.5. The highest BCUT2D eigenvalue weighted by Crippen LogP contribution is 2.30. The number of ketones is 1. The maximum atomic E-state index is 13.5. The number of hydrogen-bond acceptors (Lipinski definition) is 4. The van der Waals surface area contributed by atoms with Gasteiger partial charge >= 0.3 is 5.97 Å². The Hall–Kier alpha value is -3.19. The number of Topliss-reactive ketones (excluding diaryl/α,β-unsaturated/α-hetero) is 1. The molecule has 0 aliphatic carbocycles. The highest BCUT2D eigenvalue weighted by Gasteiger charge is 2.32. The number of aromatic nitrogens is 1. The van der Waals surface area contributed by atoms with Gasteiger partial charge in [-0.2, -0.15) is 0 Å². The summed E-state index contributed by atoms with van der Waals surface area (Å²) < 4.78 is 13.5. The molecule has 3 aromatic rings. The van der Waals surface area contributed by atoms with Crippen molar-refractivity contribution in [1.82, 2.24) is 9.88 Å². The Balaban J connectivity index is 1.52. The van der Waals surface area contributed by atoms with Gasteiger partial charge in [-0.3, -0.25) is 14.5 Å². The minimum atomic E-state index is -0.922. The van der Waals surface area contributed by atoms with Crippen LogP contribution in [0.25, 0.3) is 10.9 Å². The molecule has 4 rings (SSSR count). The molecule has 1 aromatic heterocycles. The number of hydrogen-bond donors (Lipinski definition) is 2. The first-order valence-electron chi connectivity index (χ1n) is 9.53. The average Bonchev–Trinajstić information content (AvgIpc) is 3.11. The SMILES string of the molecule is CC(=O)c1ccc(N2CCN(C(C(=O)O)c3c[nH]c4cc(F)ccc34)CC2)cc1. The fourth-order valence-corrected chi connectivity index (χ4v) is 3.98. The molecule has 0 bridgehead atoms. The monoisotopic (exact) mass is 395 g/mol. The van der Waals surface area contributed by atoms with E-state index in [-0.39, 0.29) is 11.6 Å². The summed E-state index contributed by atoms with van der Waals surface area (Å²) in [6.45, 7) is 4.07. The van der Waals surface area contributed by atoms with E-state index < -0.39 is 12.0 Å². The van der Waals surface area contributed by atoms with Gasteiger partial charge in [0.15, 0.2) is 5.78 Å². The van der Waals surface area contributed by atoms with Gasteiger partial charge in [0.2, 0.25) is 0 Å². The van der Waals surface area contributed by atoms with E-state index in [9.17, 15) is 19.1 Å². The largest absolute Gasteiger partial charge is 0.480 e. The van der Waals surface area contributed by atoms with Crippen molar-refractivity contribution in [3.8, 4) is 0 Å². The first-order valence-corrected chi connectivity index (χ1v) is 9.53. The summed E-state index contributed by atoms with van der Waals surface area (Å²) in [6.07, 6.45) is 1.66. The van der Waals surface area contributed by atoms with Crippen LogP contribution in [-0.4, -0.2) is 52.9 Å². The molecule has 1 unspecified atom stereocenters. The number of carboxylic acid groups (broad SMARTS) is 1. The third-order valence-electron chi connectivity index (χ3n) is 5.52. The van der Waals surface area contributed by atoms with Crippen LogP contribution < -0.4 is 4.90 Å². The fraction of sp³-hybridized carbons (Fsp3) is 0.273. The van der Waals surface area contributed by atoms with E-state index in [0.29, 0.717) is 42.8 Å². The van der Waals surface area contributed by atoms with Crippen LogP contribution >= 0.6 is 0 Å². The van der Waals surface area contributed by atoms with Gasteiger partial charge in [-0.25, -0.2) is 4.39 Å². The molecule has 29 heavy (non-hydrogen) atoms. The number of fused-ring (bicyclic) bond motifs is 1. The number of nitrogens with zero attached hydrogens (tertiary/aromatic N) is 2. The summed E-state index contributed by atoms with van der Waals surface area (Å²) in [5.41, 5.74) is 2.93. The zero-order chi connectivity index (χ0) is 20.5. The van der Waals surface area contributed by atoms with Gasteiger partial charge in [0.25, 0.3) is 0 Å². The van der Waals surface area contributed by atoms with Gasteiger partial charge in [0, 0.05) is 60.1 Å². The zero-order valence-electron chi connectivity index (χ0n) is 16.1. The third-order valence-corrected chi connectivity index (χ3v) is 5.52.